The van der Waals surface area contributed by atoms with Gasteiger partial charge in [-0.25, -0.2) is 9.18 Å². The van der Waals surface area contributed by atoms with Gasteiger partial charge in [-0.05, 0) is 6.92 Å². The van der Waals surface area contributed by atoms with Crippen LogP contribution in [0.5, 0.6) is 0 Å². The number of carbonyl (C=O) groups is 1. The van der Waals surface area contributed by atoms with Crippen LogP contribution in [0, 0.1) is 0 Å². The summed E-state index contributed by atoms with van der Waals surface area (Å²) in [6.45, 7) is 1.90. The van der Waals surface area contributed by atoms with E-state index in [4.69, 9.17) is 5.11 Å². The molecule has 0 spiro atoms. The van der Waals surface area contributed by atoms with Crippen molar-refractivity contribution in [2.45, 2.75) is 19.0 Å². The number of carboxylic acid groups (broad SMARTS) is 1. The second-order valence-corrected chi connectivity index (χ2v) is 2.42. The second-order valence-electron chi connectivity index (χ2n) is 2.42. The standard InChI is InChI=1S/C4H6O2.C3H2F6/c1-3(2)4(5)6;4-1-2(5,6)3(7,8)9/h1H2,2H3,(H,5,6);1H2. The normalized spacial score (nSPS) is 11.4. The number of hydrogen-bond donors (Lipinski definition) is 1. The Morgan fingerprint density at radius 3 is 1.53 bits per heavy atom. The van der Waals surface area contributed by atoms with Crippen molar-refractivity contribution >= 4 is 5.97 Å². The van der Waals surface area contributed by atoms with Gasteiger partial charge in [0, 0.05) is 5.57 Å². The maximum absolute atomic E-state index is 11.2. The molecule has 0 atom stereocenters. The molecule has 0 fully saturated rings. The van der Waals surface area contributed by atoms with E-state index < -0.39 is 24.7 Å². The van der Waals surface area contributed by atoms with Gasteiger partial charge in [-0.2, -0.15) is 22.0 Å². The summed E-state index contributed by atoms with van der Waals surface area (Å²) in [5, 5.41) is 7.89. The molecule has 0 aliphatic carbocycles. The highest BCUT2D eigenvalue weighted by Gasteiger charge is 2.57. The van der Waals surface area contributed by atoms with Crippen molar-refractivity contribution in [1.82, 2.24) is 0 Å². The van der Waals surface area contributed by atoms with E-state index in [1.807, 2.05) is 0 Å². The summed E-state index contributed by atoms with van der Waals surface area (Å²) in [6, 6.07) is 0. The Kier molecular flexibility index (Phi) is 6.08. The first-order chi connectivity index (χ1) is 6.45. The smallest absolute Gasteiger partial charge is 0.456 e. The highest BCUT2D eigenvalue weighted by Crippen LogP contribution is 2.35. The lowest BCUT2D eigenvalue weighted by atomic mass is 10.4. The molecular formula is C7H8F6O2. The Morgan fingerprint density at radius 2 is 1.53 bits per heavy atom. The predicted molar refractivity (Wildman–Crippen MR) is 39.4 cm³/mol. The van der Waals surface area contributed by atoms with Crippen molar-refractivity contribution in [3.8, 4) is 0 Å². The zero-order valence-corrected chi connectivity index (χ0v) is 7.54. The molecule has 2 nitrogen and oxygen atoms in total. The molecule has 0 aromatic rings. The van der Waals surface area contributed by atoms with Crippen LogP contribution in [0.3, 0.4) is 0 Å². The van der Waals surface area contributed by atoms with Crippen molar-refractivity contribution in [3.05, 3.63) is 12.2 Å². The van der Waals surface area contributed by atoms with E-state index in [9.17, 15) is 31.1 Å². The van der Waals surface area contributed by atoms with Gasteiger partial charge in [-0.15, -0.1) is 0 Å². The molecule has 1 N–H and O–H groups in total. The summed E-state index contributed by atoms with van der Waals surface area (Å²) >= 11 is 0. The number of hydrogen-bond acceptors (Lipinski definition) is 1. The van der Waals surface area contributed by atoms with Crippen LogP contribution in [-0.2, 0) is 4.79 Å². The topological polar surface area (TPSA) is 37.3 Å². The maximum Gasteiger partial charge on any atom is 0.456 e. The molecule has 0 amide bonds. The van der Waals surface area contributed by atoms with E-state index in [0.717, 1.165) is 0 Å². The molecule has 0 aliphatic heterocycles. The molecule has 0 aliphatic rings. The van der Waals surface area contributed by atoms with Gasteiger partial charge in [0.05, 0.1) is 0 Å². The summed E-state index contributed by atoms with van der Waals surface area (Å²) in [6.07, 6.45) is -5.76. The van der Waals surface area contributed by atoms with Gasteiger partial charge in [0.1, 0.15) is 0 Å². The lowest BCUT2D eigenvalue weighted by Gasteiger charge is -2.14. The molecule has 0 aromatic carbocycles. The van der Waals surface area contributed by atoms with E-state index in [1.54, 1.807) is 0 Å². The van der Waals surface area contributed by atoms with Crippen molar-refractivity contribution in [3.63, 3.8) is 0 Å². The van der Waals surface area contributed by atoms with Gasteiger partial charge in [-0.3, -0.25) is 0 Å². The van der Waals surface area contributed by atoms with Crippen molar-refractivity contribution in [2.24, 2.45) is 0 Å². The fraction of sp³-hybridized carbons (Fsp3) is 0.571. The number of rotatable bonds is 2. The Bertz CT molecular complexity index is 220. The van der Waals surface area contributed by atoms with Gasteiger partial charge in [0.2, 0.25) is 0 Å². The fourth-order valence-electron chi connectivity index (χ4n) is 0.0758. The molecule has 0 radical (unpaired) electrons. The van der Waals surface area contributed by atoms with E-state index >= 15 is 0 Å². The largest absolute Gasteiger partial charge is 0.478 e. The molecule has 0 heterocycles. The predicted octanol–water partition coefficient (Wildman–Crippen LogP) is 2.80. The van der Waals surface area contributed by atoms with Gasteiger partial charge in [0.25, 0.3) is 0 Å². The SMILES string of the molecule is C=C(C)C(=O)O.FCC(F)(F)C(F)(F)F. The summed E-state index contributed by atoms with van der Waals surface area (Å²) in [5.41, 5.74) is 0.176. The highest BCUT2D eigenvalue weighted by atomic mass is 19.4. The highest BCUT2D eigenvalue weighted by molar-refractivity contribution is 5.84. The zero-order chi connectivity index (χ0) is 12.9. The van der Waals surface area contributed by atoms with Crippen LogP contribution in [0.25, 0.3) is 0 Å². The van der Waals surface area contributed by atoms with Gasteiger partial charge >= 0.3 is 18.1 Å². The molecule has 0 saturated heterocycles. The minimum Gasteiger partial charge on any atom is -0.478 e. The Labute approximate surface area is 81.2 Å². The van der Waals surface area contributed by atoms with Crippen LogP contribution in [0.4, 0.5) is 26.3 Å². The second kappa shape index (κ2) is 5.62. The fourth-order valence-corrected chi connectivity index (χ4v) is 0.0758. The molecule has 0 rings (SSSR count). The lowest BCUT2D eigenvalue weighted by Crippen LogP contribution is -2.38. The molecule has 15 heavy (non-hydrogen) atoms. The first kappa shape index (κ1) is 16.2. The zero-order valence-electron chi connectivity index (χ0n) is 7.54. The Morgan fingerprint density at radius 1 is 1.27 bits per heavy atom. The van der Waals surface area contributed by atoms with E-state index in [-0.39, 0.29) is 5.57 Å². The summed E-state index contributed by atoms with van der Waals surface area (Å²) in [7, 11) is 0. The van der Waals surface area contributed by atoms with Crippen LogP contribution in [0.15, 0.2) is 12.2 Å². The average Bonchev–Trinajstić information content (AvgIpc) is 2.03. The number of aliphatic carboxylic acids is 1. The molecule has 8 heteroatoms. The number of halogens is 6. The third kappa shape index (κ3) is 6.81. The third-order valence-electron chi connectivity index (χ3n) is 0.948. The molecule has 0 aromatic heterocycles. The minimum absolute atomic E-state index is 0.176. The molecule has 0 unspecified atom stereocenters. The van der Waals surface area contributed by atoms with Crippen molar-refractivity contribution in [1.29, 1.82) is 0 Å². The quantitative estimate of drug-likeness (QED) is 0.593. The first-order valence-corrected chi connectivity index (χ1v) is 3.35. The van der Waals surface area contributed by atoms with Crippen LogP contribution in [0.2, 0.25) is 0 Å². The summed E-state index contributed by atoms with van der Waals surface area (Å²) < 4.78 is 65.6. The van der Waals surface area contributed by atoms with Crippen LogP contribution >= 0.6 is 0 Å². The molecule has 0 saturated carbocycles. The van der Waals surface area contributed by atoms with Crippen LogP contribution in [-0.4, -0.2) is 29.8 Å². The summed E-state index contributed by atoms with van der Waals surface area (Å²) in [5.74, 6) is -6.12. The molecule has 0 bridgehead atoms. The van der Waals surface area contributed by atoms with E-state index in [0.29, 0.717) is 0 Å². The average molecular weight is 238 g/mol. The lowest BCUT2D eigenvalue weighted by molar-refractivity contribution is -0.286. The maximum atomic E-state index is 11.2. The first-order valence-electron chi connectivity index (χ1n) is 3.35. The van der Waals surface area contributed by atoms with Gasteiger partial charge < -0.3 is 5.11 Å². The van der Waals surface area contributed by atoms with Gasteiger partial charge in [0.15, 0.2) is 6.67 Å². The van der Waals surface area contributed by atoms with Crippen molar-refractivity contribution in [2.75, 3.05) is 6.67 Å². The van der Waals surface area contributed by atoms with E-state index in [2.05, 4.69) is 6.58 Å². The minimum atomic E-state index is -5.76. The van der Waals surface area contributed by atoms with Crippen LogP contribution in [0.1, 0.15) is 6.92 Å². The number of alkyl halides is 6. The Balaban J connectivity index is 0. The molecular weight excluding hydrogens is 230 g/mol. The molecule has 90 valence electrons. The monoisotopic (exact) mass is 238 g/mol. The van der Waals surface area contributed by atoms with E-state index in [1.165, 1.54) is 6.92 Å². The van der Waals surface area contributed by atoms with Crippen LogP contribution < -0.4 is 0 Å². The third-order valence-corrected chi connectivity index (χ3v) is 0.948. The Hall–Kier alpha value is -1.21. The van der Waals surface area contributed by atoms with Gasteiger partial charge in [-0.1, -0.05) is 6.58 Å². The number of carboxylic acids is 1. The van der Waals surface area contributed by atoms with Crippen molar-refractivity contribution < 1.29 is 36.2 Å². The summed E-state index contributed by atoms with van der Waals surface area (Å²) in [4.78, 5) is 9.60.